The number of rotatable bonds is 8. The number of nitrogens with one attached hydrogen (secondary N) is 1. The lowest BCUT2D eigenvalue weighted by molar-refractivity contribution is 0.0700. The molecule has 0 amide bonds. The monoisotopic (exact) mass is 560 g/mol. The van der Waals surface area contributed by atoms with Gasteiger partial charge in [0.15, 0.2) is 0 Å². The maximum absolute atomic E-state index is 13.4. The zero-order valence-electron chi connectivity index (χ0n) is 18.4. The Hall–Kier alpha value is -1.82. The molecule has 1 aliphatic heterocycles. The number of hydrogen-bond donors (Lipinski definition) is 2. The summed E-state index contributed by atoms with van der Waals surface area (Å²) in [6.45, 7) is 1.30. The second kappa shape index (κ2) is 10.8. The molecule has 178 valence electrons. The molecule has 3 atom stereocenters. The summed E-state index contributed by atoms with van der Waals surface area (Å²) in [6, 6.07) is 8.49. The van der Waals surface area contributed by atoms with E-state index in [1.807, 2.05) is 11.4 Å². The number of nitrogens with zero attached hydrogens (tertiary/aromatic N) is 2. The molecule has 0 bridgehead atoms. The minimum absolute atomic E-state index is 0.0814. The molecule has 1 saturated carbocycles. The van der Waals surface area contributed by atoms with Gasteiger partial charge in [0.2, 0.25) is 5.78 Å². The number of carbonyl (C=O) groups excluding carboxylic acids is 1. The van der Waals surface area contributed by atoms with Crippen LogP contribution >= 0.6 is 39.5 Å². The molecule has 3 N–H and O–H groups in total. The normalized spacial score (nSPS) is 21.9. The van der Waals surface area contributed by atoms with Crippen LogP contribution in [0.2, 0.25) is 0 Å². The fourth-order valence-electron chi connectivity index (χ4n) is 4.73. The highest BCUT2D eigenvalue weighted by Crippen LogP contribution is 2.37. The van der Waals surface area contributed by atoms with Gasteiger partial charge in [0, 0.05) is 16.7 Å². The number of hydrogen-bond acceptors (Lipinski definition) is 9. The highest BCUT2D eigenvalue weighted by molar-refractivity contribution is 9.10. The predicted octanol–water partition coefficient (Wildman–Crippen LogP) is 5.31. The maximum Gasteiger partial charge on any atom is 0.208 e. The highest BCUT2D eigenvalue weighted by Gasteiger charge is 2.28. The molecule has 34 heavy (non-hydrogen) atoms. The van der Waals surface area contributed by atoms with E-state index in [0.29, 0.717) is 35.4 Å². The van der Waals surface area contributed by atoms with E-state index in [0.717, 1.165) is 53.5 Å². The molecule has 0 radical (unpaired) electrons. The molecule has 1 aromatic carbocycles. The first kappa shape index (κ1) is 23.9. The van der Waals surface area contributed by atoms with Crippen LogP contribution in [0, 0.1) is 5.92 Å². The Labute approximate surface area is 215 Å². The number of fused-ring (bicyclic) bond motifs is 1. The Balaban J connectivity index is 1.33. The Kier molecular flexibility index (Phi) is 7.62. The molecule has 3 unspecified atom stereocenters. The Morgan fingerprint density at radius 3 is 3.15 bits per heavy atom. The minimum Gasteiger partial charge on any atom is -0.368 e. The second-order valence-electron chi connectivity index (χ2n) is 8.60. The Morgan fingerprint density at radius 1 is 1.35 bits per heavy atom. The topological polar surface area (TPSA) is 99.4 Å². The number of aromatic nitrogens is 2. The number of nitrogens with two attached hydrogens (primary N) is 1. The van der Waals surface area contributed by atoms with Crippen molar-refractivity contribution in [2.45, 2.75) is 37.8 Å². The first-order valence-electron chi connectivity index (χ1n) is 11.2. The summed E-state index contributed by atoms with van der Waals surface area (Å²) < 4.78 is 12.4. The molecule has 7 nitrogen and oxygen atoms in total. The molecular formula is C24H25BrN4O3S2. The van der Waals surface area contributed by atoms with E-state index < -0.39 is 0 Å². The second-order valence-corrected chi connectivity index (χ2v) is 10.9. The van der Waals surface area contributed by atoms with Gasteiger partial charge in [0.1, 0.15) is 18.2 Å². The van der Waals surface area contributed by atoms with E-state index in [1.54, 1.807) is 6.20 Å². The third kappa shape index (κ3) is 5.22. The van der Waals surface area contributed by atoms with Crippen molar-refractivity contribution in [3.63, 3.8) is 0 Å². The van der Waals surface area contributed by atoms with Crippen molar-refractivity contribution in [3.8, 4) is 0 Å². The van der Waals surface area contributed by atoms with E-state index in [4.69, 9.17) is 14.1 Å². The van der Waals surface area contributed by atoms with Gasteiger partial charge in [-0.1, -0.05) is 22.0 Å². The molecule has 5 rings (SSSR count). The summed E-state index contributed by atoms with van der Waals surface area (Å²) in [5.74, 6) is 0.952. The summed E-state index contributed by atoms with van der Waals surface area (Å²) in [5.41, 5.74) is 3.92. The fraction of sp³-hybridized carbons (Fsp3) is 0.375. The number of thiophene rings is 1. The quantitative estimate of drug-likeness (QED) is 0.217. The van der Waals surface area contributed by atoms with Crippen LogP contribution in [0.3, 0.4) is 0 Å². The van der Waals surface area contributed by atoms with Crippen molar-refractivity contribution in [3.05, 3.63) is 73.8 Å². The van der Waals surface area contributed by atoms with Crippen molar-refractivity contribution >= 4 is 51.1 Å². The average Bonchev–Trinajstić information content (AvgIpc) is 3.52. The van der Waals surface area contributed by atoms with Crippen molar-refractivity contribution in [1.82, 2.24) is 9.97 Å². The summed E-state index contributed by atoms with van der Waals surface area (Å²) >= 11 is 5.91. The number of ketones is 1. The van der Waals surface area contributed by atoms with E-state index in [1.165, 1.54) is 23.2 Å². The first-order chi connectivity index (χ1) is 16.6. The Morgan fingerprint density at radius 2 is 2.26 bits per heavy atom. The maximum atomic E-state index is 13.4. The van der Waals surface area contributed by atoms with E-state index in [9.17, 15) is 4.79 Å². The van der Waals surface area contributed by atoms with E-state index in [2.05, 4.69) is 49.4 Å². The summed E-state index contributed by atoms with van der Waals surface area (Å²) in [4.78, 5) is 22.6. The molecule has 3 aromatic rings. The predicted molar refractivity (Wildman–Crippen MR) is 138 cm³/mol. The lowest BCUT2D eigenvalue weighted by Crippen LogP contribution is -2.20. The van der Waals surface area contributed by atoms with Gasteiger partial charge in [0.25, 0.3) is 0 Å². The zero-order valence-corrected chi connectivity index (χ0v) is 21.6. The molecular weight excluding hydrogens is 536 g/mol. The van der Waals surface area contributed by atoms with Crippen LogP contribution in [0.5, 0.6) is 0 Å². The number of ether oxygens (including phenoxy) is 1. The summed E-state index contributed by atoms with van der Waals surface area (Å²) in [5, 5.41) is 10.8. The molecule has 1 fully saturated rings. The lowest BCUT2D eigenvalue weighted by atomic mass is 9.94. The summed E-state index contributed by atoms with van der Waals surface area (Å²) in [6.07, 6.45) is 6.80. The molecule has 2 aliphatic rings. The van der Waals surface area contributed by atoms with Gasteiger partial charge in [0.05, 0.1) is 35.9 Å². The third-order valence-corrected chi connectivity index (χ3v) is 8.12. The first-order valence-corrected chi connectivity index (χ1v) is 13.7. The van der Waals surface area contributed by atoms with Crippen molar-refractivity contribution in [2.24, 2.45) is 11.1 Å². The number of halogens is 1. The highest BCUT2D eigenvalue weighted by atomic mass is 79.9. The molecule has 0 spiro atoms. The molecule has 2 aromatic heterocycles. The third-order valence-electron chi connectivity index (χ3n) is 6.40. The average molecular weight is 562 g/mol. The van der Waals surface area contributed by atoms with Gasteiger partial charge >= 0.3 is 0 Å². The molecule has 0 saturated heterocycles. The van der Waals surface area contributed by atoms with Gasteiger partial charge in [-0.15, -0.1) is 11.3 Å². The fourth-order valence-corrected chi connectivity index (χ4v) is 6.25. The largest absolute Gasteiger partial charge is 0.368 e. The van der Waals surface area contributed by atoms with E-state index in [-0.39, 0.29) is 17.9 Å². The lowest BCUT2D eigenvalue weighted by Gasteiger charge is -2.25. The SMILES string of the molecule is NSOCC1CCC(Nc2ncncc2C(=O)c2cc(C3OCCc4ccc(Br)cc43)cs2)C1. The van der Waals surface area contributed by atoms with Gasteiger partial charge < -0.3 is 14.2 Å². The zero-order chi connectivity index (χ0) is 23.5. The van der Waals surface area contributed by atoms with Gasteiger partial charge in [-0.2, -0.15) is 0 Å². The van der Waals surface area contributed by atoms with Crippen LogP contribution in [0.15, 0.2) is 46.6 Å². The summed E-state index contributed by atoms with van der Waals surface area (Å²) in [7, 11) is 0. The van der Waals surface area contributed by atoms with Crippen LogP contribution < -0.4 is 10.5 Å². The minimum atomic E-state index is -0.173. The van der Waals surface area contributed by atoms with Crippen LogP contribution in [0.1, 0.15) is 57.3 Å². The molecule has 10 heteroatoms. The van der Waals surface area contributed by atoms with Gasteiger partial charge in [-0.3, -0.25) is 9.93 Å². The number of anilines is 1. The van der Waals surface area contributed by atoms with Crippen LogP contribution in [-0.4, -0.2) is 35.0 Å². The molecule has 3 heterocycles. The van der Waals surface area contributed by atoms with Crippen molar-refractivity contribution in [2.75, 3.05) is 18.5 Å². The van der Waals surface area contributed by atoms with Crippen LogP contribution in [0.4, 0.5) is 5.82 Å². The van der Waals surface area contributed by atoms with Crippen LogP contribution in [0.25, 0.3) is 0 Å². The molecule has 1 aliphatic carbocycles. The van der Waals surface area contributed by atoms with Crippen LogP contribution in [-0.2, 0) is 15.3 Å². The van der Waals surface area contributed by atoms with E-state index >= 15 is 0 Å². The standard InChI is InChI=1S/C24H25BrN4O3S2/c25-17-3-2-15-5-6-31-23(19(15)9-17)16-8-21(33-12-16)22(30)20-10-27-13-28-24(20)29-18-4-1-14(7-18)11-32-34-26/h2-3,8-10,12-14,18,23H,1,4-7,11,26H2,(H,27,28,29). The Bertz CT molecular complexity index is 1170. The number of benzene rings is 1. The smallest absolute Gasteiger partial charge is 0.208 e. The van der Waals surface area contributed by atoms with Crippen molar-refractivity contribution in [1.29, 1.82) is 0 Å². The number of carbonyl (C=O) groups is 1. The van der Waals surface area contributed by atoms with Gasteiger partial charge in [-0.05, 0) is 71.9 Å². The van der Waals surface area contributed by atoms with Gasteiger partial charge in [-0.25, -0.2) is 9.97 Å². The van der Waals surface area contributed by atoms with Crippen molar-refractivity contribution < 1.29 is 13.7 Å².